The number of nitrogens with zero attached hydrogens (tertiary/aromatic N) is 4. The van der Waals surface area contributed by atoms with Gasteiger partial charge in [0, 0.05) is 0 Å². The van der Waals surface area contributed by atoms with E-state index >= 15 is 0 Å². The number of aromatic carboxylic acids is 1. The third-order valence-electron chi connectivity index (χ3n) is 3.54. The number of benzene rings is 1. The molecule has 29 heavy (non-hydrogen) atoms. The van der Waals surface area contributed by atoms with Crippen LogP contribution in [0, 0.1) is 5.82 Å². The number of nitrogens with one attached hydrogen (secondary N) is 2. The van der Waals surface area contributed by atoms with E-state index in [1.165, 1.54) is 14.9 Å². The molecular formula is C15H14FN6O5S2+. The third-order valence-corrected chi connectivity index (χ3v) is 5.76. The van der Waals surface area contributed by atoms with Gasteiger partial charge in [-0.2, -0.15) is 0 Å². The summed E-state index contributed by atoms with van der Waals surface area (Å²) in [7, 11) is -2.59. The van der Waals surface area contributed by atoms with Crippen LogP contribution in [0.4, 0.5) is 15.1 Å². The maximum atomic E-state index is 14.3. The molecule has 11 nitrogen and oxygen atoms in total. The SMILES string of the molecule is C[n+]1ccn(CC(=O)Nc2ccc(S(=O)(=O)Nc3scnc3C(=O)O)cc2F)n1. The van der Waals surface area contributed by atoms with Gasteiger partial charge in [0.15, 0.2) is 24.6 Å². The number of carbonyl (C=O) groups is 2. The molecule has 0 aliphatic rings. The maximum Gasteiger partial charge on any atom is 0.357 e. The van der Waals surface area contributed by atoms with Crippen LogP contribution in [-0.4, -0.2) is 40.3 Å². The first-order chi connectivity index (χ1) is 13.7. The Hall–Kier alpha value is -3.39. The maximum absolute atomic E-state index is 14.3. The van der Waals surface area contributed by atoms with E-state index in [0.29, 0.717) is 6.07 Å². The highest BCUT2D eigenvalue weighted by Crippen LogP contribution is 2.25. The fourth-order valence-electron chi connectivity index (χ4n) is 2.25. The van der Waals surface area contributed by atoms with Crippen LogP contribution < -0.4 is 14.7 Å². The molecule has 2 aromatic heterocycles. The fourth-order valence-corrected chi connectivity index (χ4v) is 4.25. The van der Waals surface area contributed by atoms with E-state index in [2.05, 4.69) is 20.2 Å². The van der Waals surface area contributed by atoms with Crippen LogP contribution in [0.15, 0.2) is 41.0 Å². The summed E-state index contributed by atoms with van der Waals surface area (Å²) < 4.78 is 44.0. The molecule has 0 fully saturated rings. The smallest absolute Gasteiger partial charge is 0.357 e. The fraction of sp³-hybridized carbons (Fsp3) is 0.133. The van der Waals surface area contributed by atoms with Crippen molar-refractivity contribution in [1.29, 1.82) is 0 Å². The van der Waals surface area contributed by atoms with Crippen molar-refractivity contribution in [2.45, 2.75) is 11.4 Å². The summed E-state index contributed by atoms with van der Waals surface area (Å²) in [5.74, 6) is -2.94. The highest BCUT2D eigenvalue weighted by atomic mass is 32.2. The number of halogens is 1. The van der Waals surface area contributed by atoms with E-state index in [4.69, 9.17) is 5.11 Å². The number of sulfonamides is 1. The summed E-state index contributed by atoms with van der Waals surface area (Å²) in [4.78, 5) is 26.1. The molecule has 3 aromatic rings. The van der Waals surface area contributed by atoms with E-state index in [-0.39, 0.29) is 17.2 Å². The summed E-state index contributed by atoms with van der Waals surface area (Å²) >= 11 is 0.775. The Bertz CT molecular complexity index is 1190. The van der Waals surface area contributed by atoms with Gasteiger partial charge in [0.1, 0.15) is 17.9 Å². The Morgan fingerprint density at radius 1 is 1.38 bits per heavy atom. The van der Waals surface area contributed by atoms with Gasteiger partial charge in [-0.15, -0.1) is 20.7 Å². The molecule has 0 radical (unpaired) electrons. The van der Waals surface area contributed by atoms with Gasteiger partial charge < -0.3 is 10.4 Å². The van der Waals surface area contributed by atoms with E-state index in [1.807, 2.05) is 0 Å². The quantitative estimate of drug-likeness (QED) is 0.451. The molecular weight excluding hydrogens is 427 g/mol. The second-order valence-electron chi connectivity index (χ2n) is 5.69. The summed E-state index contributed by atoms with van der Waals surface area (Å²) in [6.45, 7) is -0.161. The lowest BCUT2D eigenvalue weighted by molar-refractivity contribution is -0.732. The minimum atomic E-state index is -4.27. The molecule has 152 valence electrons. The Morgan fingerprint density at radius 2 is 2.14 bits per heavy atom. The van der Waals surface area contributed by atoms with Gasteiger partial charge in [-0.3, -0.25) is 9.52 Å². The van der Waals surface area contributed by atoms with Crippen LogP contribution in [-0.2, 0) is 28.4 Å². The summed E-state index contributed by atoms with van der Waals surface area (Å²) in [6.07, 6.45) is 3.18. The van der Waals surface area contributed by atoms with Crippen molar-refractivity contribution in [3.63, 3.8) is 0 Å². The van der Waals surface area contributed by atoms with E-state index in [1.54, 1.807) is 19.4 Å². The zero-order valence-electron chi connectivity index (χ0n) is 14.7. The van der Waals surface area contributed by atoms with Crippen LogP contribution in [0.2, 0.25) is 0 Å². The molecule has 2 heterocycles. The van der Waals surface area contributed by atoms with Crippen molar-refractivity contribution in [3.8, 4) is 0 Å². The van der Waals surface area contributed by atoms with Crippen LogP contribution >= 0.6 is 11.3 Å². The number of carbonyl (C=O) groups excluding carboxylic acids is 1. The van der Waals surface area contributed by atoms with Crippen molar-refractivity contribution in [3.05, 3.63) is 47.6 Å². The summed E-state index contributed by atoms with van der Waals surface area (Å²) in [5, 5.41) is 15.1. The number of carboxylic acids is 1. The molecule has 1 amide bonds. The first kappa shape index (κ1) is 20.3. The predicted molar refractivity (Wildman–Crippen MR) is 98.3 cm³/mol. The number of aromatic nitrogens is 4. The largest absolute Gasteiger partial charge is 0.476 e. The number of anilines is 2. The minimum Gasteiger partial charge on any atom is -0.476 e. The number of carboxylic acid groups (broad SMARTS) is 1. The number of amides is 1. The van der Waals surface area contributed by atoms with Gasteiger partial charge in [-0.05, 0) is 18.2 Å². The van der Waals surface area contributed by atoms with Gasteiger partial charge in [0.05, 0.1) is 21.3 Å². The average molecular weight is 441 g/mol. The average Bonchev–Trinajstić information content (AvgIpc) is 3.25. The lowest BCUT2D eigenvalue weighted by Gasteiger charge is -2.09. The van der Waals surface area contributed by atoms with Crippen LogP contribution in [0.5, 0.6) is 0 Å². The predicted octanol–water partition coefficient (Wildman–Crippen LogP) is 0.441. The Kier molecular flexibility index (Phi) is 5.56. The van der Waals surface area contributed by atoms with Gasteiger partial charge in [-0.1, -0.05) is 0 Å². The lowest BCUT2D eigenvalue weighted by Crippen LogP contribution is -2.31. The van der Waals surface area contributed by atoms with Crippen molar-refractivity contribution in [1.82, 2.24) is 14.9 Å². The third kappa shape index (κ3) is 4.72. The zero-order chi connectivity index (χ0) is 21.2. The highest BCUT2D eigenvalue weighted by molar-refractivity contribution is 7.93. The molecule has 0 aliphatic heterocycles. The Balaban J connectivity index is 1.75. The van der Waals surface area contributed by atoms with Gasteiger partial charge in [0.25, 0.3) is 15.9 Å². The number of thiazole rings is 1. The molecule has 0 atom stereocenters. The van der Waals surface area contributed by atoms with E-state index in [9.17, 15) is 22.4 Å². The van der Waals surface area contributed by atoms with Crippen LogP contribution in [0.25, 0.3) is 0 Å². The highest BCUT2D eigenvalue weighted by Gasteiger charge is 2.22. The molecule has 0 aliphatic carbocycles. The molecule has 0 spiro atoms. The molecule has 3 N–H and O–H groups in total. The molecule has 0 saturated carbocycles. The summed E-state index contributed by atoms with van der Waals surface area (Å²) in [5.41, 5.74) is 0.490. The van der Waals surface area contributed by atoms with E-state index < -0.39 is 38.3 Å². The first-order valence-electron chi connectivity index (χ1n) is 7.84. The van der Waals surface area contributed by atoms with Crippen molar-refractivity contribution < 1.29 is 32.2 Å². The van der Waals surface area contributed by atoms with Crippen molar-refractivity contribution in [2.24, 2.45) is 7.05 Å². The Morgan fingerprint density at radius 3 is 2.76 bits per heavy atom. The lowest BCUT2D eigenvalue weighted by atomic mass is 10.3. The van der Waals surface area contributed by atoms with Gasteiger partial charge in [-0.25, -0.2) is 22.6 Å². The van der Waals surface area contributed by atoms with E-state index in [0.717, 1.165) is 23.5 Å². The number of hydrogen-bond acceptors (Lipinski definition) is 7. The molecule has 0 bridgehead atoms. The van der Waals surface area contributed by atoms with Crippen LogP contribution in [0.3, 0.4) is 0 Å². The number of rotatable bonds is 7. The molecule has 1 aromatic carbocycles. The first-order valence-corrected chi connectivity index (χ1v) is 10.2. The van der Waals surface area contributed by atoms with Crippen molar-refractivity contribution >= 4 is 43.9 Å². The second kappa shape index (κ2) is 7.92. The number of hydrogen-bond donors (Lipinski definition) is 3. The van der Waals surface area contributed by atoms with Gasteiger partial charge >= 0.3 is 5.97 Å². The topological polar surface area (TPSA) is 147 Å². The molecule has 3 rings (SSSR count). The molecule has 0 saturated heterocycles. The van der Waals surface area contributed by atoms with Crippen molar-refractivity contribution in [2.75, 3.05) is 10.0 Å². The Labute approximate surface area is 167 Å². The van der Waals surface area contributed by atoms with Crippen LogP contribution in [0.1, 0.15) is 10.5 Å². The summed E-state index contributed by atoms with van der Waals surface area (Å²) in [6, 6.07) is 2.89. The monoisotopic (exact) mass is 441 g/mol. The number of aryl methyl sites for hydroxylation is 1. The zero-order valence-corrected chi connectivity index (χ0v) is 16.4. The standard InChI is InChI=1S/C15H13FN6O5S2/c1-21-4-5-22(20-21)7-12(23)18-11-3-2-9(6-10(11)16)29(26,27)19-14-13(15(24)25)17-8-28-14/h2-6,8,19H,7H2,1H3,(H-,18,23,24,25)/p+1. The molecule has 14 heteroatoms. The normalized spacial score (nSPS) is 11.2. The van der Waals surface area contributed by atoms with Gasteiger partial charge in [0.2, 0.25) is 0 Å². The minimum absolute atomic E-state index is 0.161. The second-order valence-corrected chi connectivity index (χ2v) is 8.23. The molecule has 0 unspecified atom stereocenters.